The Morgan fingerprint density at radius 1 is 1.29 bits per heavy atom. The van der Waals surface area contributed by atoms with Crippen molar-refractivity contribution < 1.29 is 9.47 Å². The molecule has 3 aliphatic rings. The van der Waals surface area contributed by atoms with Gasteiger partial charge in [0.1, 0.15) is 0 Å². The summed E-state index contributed by atoms with van der Waals surface area (Å²) in [6.07, 6.45) is 16.6. The lowest BCUT2D eigenvalue weighted by Crippen LogP contribution is -2.46. The number of fused-ring (bicyclic) bond motifs is 1. The molecule has 17 heavy (non-hydrogen) atoms. The number of hydrogen-bond donors (Lipinski definition) is 0. The van der Waals surface area contributed by atoms with E-state index in [0.29, 0.717) is 5.92 Å². The molecule has 0 N–H and O–H groups in total. The largest absolute Gasteiger partial charge is 0.348 e. The first kappa shape index (κ1) is 11.3. The van der Waals surface area contributed by atoms with Crippen LogP contribution in [0.1, 0.15) is 38.5 Å². The van der Waals surface area contributed by atoms with Crippen molar-refractivity contribution in [2.24, 2.45) is 11.3 Å². The third-order valence-electron chi connectivity index (χ3n) is 4.72. The van der Waals surface area contributed by atoms with Crippen molar-refractivity contribution in [2.75, 3.05) is 13.2 Å². The second kappa shape index (κ2) is 4.15. The summed E-state index contributed by atoms with van der Waals surface area (Å²) in [6.45, 7) is 1.51. The Hall–Kier alpha value is -0.780. The molecule has 1 spiro atoms. The molecule has 1 heterocycles. The fraction of sp³-hybridized carbons (Fsp3) is 0.733. The average Bonchev–Trinajstić information content (AvgIpc) is 2.79. The zero-order valence-corrected chi connectivity index (χ0v) is 10.3. The highest BCUT2D eigenvalue weighted by atomic mass is 16.7. The smallest absolute Gasteiger partial charge is 0.168 e. The van der Waals surface area contributed by atoms with E-state index in [1.807, 2.05) is 0 Å². The van der Waals surface area contributed by atoms with Gasteiger partial charge in [0, 0.05) is 24.7 Å². The first-order valence-electron chi connectivity index (χ1n) is 6.68. The maximum absolute atomic E-state index is 5.86. The van der Waals surface area contributed by atoms with Crippen LogP contribution in [0.5, 0.6) is 0 Å². The van der Waals surface area contributed by atoms with E-state index in [1.165, 1.54) is 12.8 Å². The third-order valence-corrected chi connectivity index (χ3v) is 4.72. The van der Waals surface area contributed by atoms with Gasteiger partial charge in [-0.2, -0.15) is 0 Å². The maximum Gasteiger partial charge on any atom is 0.168 e. The number of rotatable bonds is 1. The molecule has 2 nitrogen and oxygen atoms in total. The van der Waals surface area contributed by atoms with Crippen LogP contribution in [0.4, 0.5) is 0 Å². The van der Waals surface area contributed by atoms with E-state index in [1.54, 1.807) is 0 Å². The lowest BCUT2D eigenvalue weighted by Gasteiger charge is -2.49. The van der Waals surface area contributed by atoms with Gasteiger partial charge in [-0.15, -0.1) is 12.3 Å². The molecule has 1 aliphatic heterocycles. The predicted octanol–water partition coefficient (Wildman–Crippen LogP) is 2.89. The summed E-state index contributed by atoms with van der Waals surface area (Å²) in [5.41, 5.74) is 0.230. The lowest BCUT2D eigenvalue weighted by atomic mass is 9.59. The van der Waals surface area contributed by atoms with Gasteiger partial charge in [-0.25, -0.2) is 0 Å². The first-order valence-corrected chi connectivity index (χ1v) is 6.68. The van der Waals surface area contributed by atoms with Crippen LogP contribution in [-0.2, 0) is 9.47 Å². The summed E-state index contributed by atoms with van der Waals surface area (Å²) in [6, 6.07) is 0. The molecular weight excluding hydrogens is 212 g/mol. The van der Waals surface area contributed by atoms with Crippen molar-refractivity contribution in [3.8, 4) is 12.3 Å². The second-order valence-electron chi connectivity index (χ2n) is 5.60. The minimum Gasteiger partial charge on any atom is -0.348 e. The van der Waals surface area contributed by atoms with Gasteiger partial charge in [0.2, 0.25) is 0 Å². The van der Waals surface area contributed by atoms with Gasteiger partial charge in [-0.3, -0.25) is 0 Å². The van der Waals surface area contributed by atoms with Crippen LogP contribution in [0, 0.1) is 23.7 Å². The van der Waals surface area contributed by atoms with E-state index < -0.39 is 0 Å². The maximum atomic E-state index is 5.86. The second-order valence-corrected chi connectivity index (χ2v) is 5.60. The SMILES string of the molecule is C#CC[C@@]12C=CCC[C@@H]1CC1(CC2)OCCO1. The number of allylic oxidation sites excluding steroid dienone is 2. The molecule has 92 valence electrons. The predicted molar refractivity (Wildman–Crippen MR) is 66.2 cm³/mol. The molecule has 0 radical (unpaired) electrons. The fourth-order valence-electron chi connectivity index (χ4n) is 3.77. The van der Waals surface area contributed by atoms with E-state index in [9.17, 15) is 0 Å². The van der Waals surface area contributed by atoms with Gasteiger partial charge in [-0.1, -0.05) is 12.2 Å². The molecule has 0 unspecified atom stereocenters. The van der Waals surface area contributed by atoms with Crippen LogP contribution in [0.15, 0.2) is 12.2 Å². The molecular formula is C15H20O2. The van der Waals surface area contributed by atoms with Crippen molar-refractivity contribution >= 4 is 0 Å². The Morgan fingerprint density at radius 3 is 2.88 bits per heavy atom. The van der Waals surface area contributed by atoms with Crippen LogP contribution < -0.4 is 0 Å². The summed E-state index contributed by atoms with van der Waals surface area (Å²) in [5.74, 6) is 3.24. The van der Waals surface area contributed by atoms with Crippen molar-refractivity contribution in [3.05, 3.63) is 12.2 Å². The van der Waals surface area contributed by atoms with Gasteiger partial charge in [0.15, 0.2) is 5.79 Å². The van der Waals surface area contributed by atoms with Crippen molar-refractivity contribution in [1.29, 1.82) is 0 Å². The molecule has 0 aromatic carbocycles. The molecule has 0 bridgehead atoms. The van der Waals surface area contributed by atoms with E-state index in [4.69, 9.17) is 15.9 Å². The number of terminal acetylenes is 1. The van der Waals surface area contributed by atoms with E-state index in [0.717, 1.165) is 38.9 Å². The molecule has 1 saturated heterocycles. The molecule has 1 saturated carbocycles. The summed E-state index contributed by atoms with van der Waals surface area (Å²) in [5, 5.41) is 0. The lowest BCUT2D eigenvalue weighted by molar-refractivity contribution is -0.203. The molecule has 2 aliphatic carbocycles. The standard InChI is InChI=1S/C15H20O2/c1-2-6-14-7-4-3-5-13(14)12-15(9-8-14)16-10-11-17-15/h1,4,7,13H,3,5-6,8-12H2/t13-,14+/m1/s1. The van der Waals surface area contributed by atoms with Crippen molar-refractivity contribution in [2.45, 2.75) is 44.3 Å². The Morgan fingerprint density at radius 2 is 2.12 bits per heavy atom. The topological polar surface area (TPSA) is 18.5 Å². The van der Waals surface area contributed by atoms with Crippen LogP contribution in [0.25, 0.3) is 0 Å². The fourth-order valence-corrected chi connectivity index (χ4v) is 3.77. The van der Waals surface area contributed by atoms with Crippen LogP contribution in [0.2, 0.25) is 0 Å². The Bertz CT molecular complexity index is 360. The van der Waals surface area contributed by atoms with E-state index in [2.05, 4.69) is 18.1 Å². The van der Waals surface area contributed by atoms with Gasteiger partial charge in [-0.05, 0) is 25.2 Å². The van der Waals surface area contributed by atoms with Crippen molar-refractivity contribution in [3.63, 3.8) is 0 Å². The van der Waals surface area contributed by atoms with Crippen LogP contribution >= 0.6 is 0 Å². The first-order chi connectivity index (χ1) is 8.29. The van der Waals surface area contributed by atoms with Crippen molar-refractivity contribution in [1.82, 2.24) is 0 Å². The molecule has 2 heteroatoms. The van der Waals surface area contributed by atoms with Gasteiger partial charge in [0.25, 0.3) is 0 Å². The molecule has 0 amide bonds. The van der Waals surface area contributed by atoms with Gasteiger partial charge in [0.05, 0.1) is 13.2 Å². The quantitative estimate of drug-likeness (QED) is 0.511. The summed E-state index contributed by atoms with van der Waals surface area (Å²) in [7, 11) is 0. The minimum atomic E-state index is -0.270. The third kappa shape index (κ3) is 1.82. The van der Waals surface area contributed by atoms with Gasteiger partial charge < -0.3 is 9.47 Å². The molecule has 2 fully saturated rings. The Kier molecular flexibility index (Phi) is 2.77. The highest BCUT2D eigenvalue weighted by Gasteiger charge is 2.50. The summed E-state index contributed by atoms with van der Waals surface area (Å²) < 4.78 is 11.7. The zero-order valence-electron chi connectivity index (χ0n) is 10.3. The molecule has 3 rings (SSSR count). The van der Waals surface area contributed by atoms with Crippen LogP contribution in [0.3, 0.4) is 0 Å². The van der Waals surface area contributed by atoms with E-state index in [-0.39, 0.29) is 11.2 Å². The summed E-state index contributed by atoms with van der Waals surface area (Å²) >= 11 is 0. The highest BCUT2D eigenvalue weighted by molar-refractivity contribution is 5.15. The highest BCUT2D eigenvalue weighted by Crippen LogP contribution is 2.54. The Labute approximate surface area is 103 Å². The van der Waals surface area contributed by atoms with E-state index >= 15 is 0 Å². The number of ether oxygens (including phenoxy) is 2. The average molecular weight is 232 g/mol. The van der Waals surface area contributed by atoms with Gasteiger partial charge >= 0.3 is 0 Å². The number of hydrogen-bond acceptors (Lipinski definition) is 2. The Balaban J connectivity index is 1.83. The molecule has 0 aromatic rings. The monoisotopic (exact) mass is 232 g/mol. The molecule has 0 aromatic heterocycles. The summed E-state index contributed by atoms with van der Waals surface area (Å²) in [4.78, 5) is 0. The normalized spacial score (nSPS) is 38.9. The zero-order chi connectivity index (χ0) is 11.8. The molecule has 2 atom stereocenters. The minimum absolute atomic E-state index is 0.230. The van der Waals surface area contributed by atoms with Crippen LogP contribution in [-0.4, -0.2) is 19.0 Å².